The smallest absolute Gasteiger partial charge is 0.152 e. The molecule has 0 unspecified atom stereocenters. The average Bonchev–Trinajstić information content (AvgIpc) is 2.38. The highest BCUT2D eigenvalue weighted by Gasteiger charge is 2.10. The van der Waals surface area contributed by atoms with Crippen molar-refractivity contribution in [2.45, 2.75) is 6.54 Å². The maximum atomic E-state index is 13.3. The van der Waals surface area contributed by atoms with Crippen LogP contribution < -0.4 is 5.32 Å². The number of nitrogens with zero attached hydrogens (tertiary/aromatic N) is 1. The first-order chi connectivity index (χ1) is 9.10. The van der Waals surface area contributed by atoms with E-state index in [1.165, 1.54) is 0 Å². The molecule has 0 aliphatic heterocycles. The van der Waals surface area contributed by atoms with Gasteiger partial charge in [0.15, 0.2) is 11.6 Å². The van der Waals surface area contributed by atoms with Crippen LogP contribution in [0.4, 0.5) is 18.9 Å². The number of nitriles is 1. The van der Waals surface area contributed by atoms with E-state index in [2.05, 4.69) is 5.32 Å². The van der Waals surface area contributed by atoms with E-state index in [0.29, 0.717) is 17.7 Å². The van der Waals surface area contributed by atoms with Crippen molar-refractivity contribution in [1.82, 2.24) is 0 Å². The molecule has 2 nitrogen and oxygen atoms in total. The van der Waals surface area contributed by atoms with E-state index in [1.54, 1.807) is 24.3 Å². The van der Waals surface area contributed by atoms with Crippen LogP contribution in [0.2, 0.25) is 0 Å². The van der Waals surface area contributed by atoms with Crippen LogP contribution in [0, 0.1) is 28.8 Å². The zero-order chi connectivity index (χ0) is 13.8. The summed E-state index contributed by atoms with van der Waals surface area (Å²) in [5, 5.41) is 11.2. The van der Waals surface area contributed by atoms with Crippen molar-refractivity contribution >= 4 is 5.69 Å². The minimum absolute atomic E-state index is 0.172. The average molecular weight is 262 g/mol. The highest BCUT2D eigenvalue weighted by molar-refractivity contribution is 5.47. The quantitative estimate of drug-likeness (QED) is 0.917. The molecule has 2 rings (SSSR count). The highest BCUT2D eigenvalue weighted by atomic mass is 19.1. The first kappa shape index (κ1) is 13.0. The first-order valence-corrected chi connectivity index (χ1v) is 5.47. The zero-order valence-electron chi connectivity index (χ0n) is 9.75. The van der Waals surface area contributed by atoms with Gasteiger partial charge in [0, 0.05) is 18.7 Å². The summed E-state index contributed by atoms with van der Waals surface area (Å²) in [6.07, 6.45) is 0. The van der Waals surface area contributed by atoms with Gasteiger partial charge in [0.2, 0.25) is 0 Å². The Hall–Kier alpha value is -2.48. The minimum atomic E-state index is -0.980. The topological polar surface area (TPSA) is 35.8 Å². The van der Waals surface area contributed by atoms with E-state index in [-0.39, 0.29) is 12.2 Å². The molecule has 0 saturated heterocycles. The normalized spacial score (nSPS) is 10.0. The maximum absolute atomic E-state index is 13.3. The monoisotopic (exact) mass is 262 g/mol. The van der Waals surface area contributed by atoms with Crippen LogP contribution in [-0.4, -0.2) is 0 Å². The van der Waals surface area contributed by atoms with Crippen molar-refractivity contribution in [3.05, 3.63) is 65.0 Å². The summed E-state index contributed by atoms with van der Waals surface area (Å²) in [5.41, 5.74) is 0.885. The molecule has 0 radical (unpaired) electrons. The Morgan fingerprint density at radius 1 is 1.00 bits per heavy atom. The van der Waals surface area contributed by atoms with Crippen LogP contribution >= 0.6 is 0 Å². The lowest BCUT2D eigenvalue weighted by atomic mass is 10.1. The molecule has 0 fully saturated rings. The maximum Gasteiger partial charge on any atom is 0.152 e. The van der Waals surface area contributed by atoms with Gasteiger partial charge in [-0.25, -0.2) is 13.2 Å². The molecule has 0 saturated carbocycles. The fourth-order valence-electron chi connectivity index (χ4n) is 1.60. The molecule has 0 atom stereocenters. The molecule has 0 spiro atoms. The number of nitrogens with one attached hydrogen (secondary N) is 1. The fraction of sp³-hybridized carbons (Fsp3) is 0.0714. The molecule has 2 aromatic rings. The zero-order valence-corrected chi connectivity index (χ0v) is 9.75. The summed E-state index contributed by atoms with van der Waals surface area (Å²) in [5.74, 6) is -2.92. The van der Waals surface area contributed by atoms with Crippen LogP contribution in [-0.2, 0) is 6.54 Å². The van der Waals surface area contributed by atoms with Crippen LogP contribution in [0.25, 0.3) is 0 Å². The molecule has 5 heteroatoms. The first-order valence-electron chi connectivity index (χ1n) is 5.47. The minimum Gasteiger partial charge on any atom is -0.376 e. The molecule has 0 aromatic heterocycles. The summed E-state index contributed by atoms with van der Waals surface area (Å²) in [4.78, 5) is 0. The lowest BCUT2D eigenvalue weighted by Crippen LogP contribution is -2.04. The molecule has 96 valence electrons. The molecule has 0 aliphatic rings. The molecule has 0 heterocycles. The van der Waals surface area contributed by atoms with E-state index in [1.807, 2.05) is 6.07 Å². The number of anilines is 1. The van der Waals surface area contributed by atoms with Crippen molar-refractivity contribution in [3.63, 3.8) is 0 Å². The van der Waals surface area contributed by atoms with Gasteiger partial charge in [-0.15, -0.1) is 0 Å². The van der Waals surface area contributed by atoms with Crippen LogP contribution in [0.5, 0.6) is 0 Å². The second-order valence-corrected chi connectivity index (χ2v) is 3.91. The van der Waals surface area contributed by atoms with Gasteiger partial charge in [-0.1, -0.05) is 12.1 Å². The van der Waals surface area contributed by atoms with E-state index in [0.717, 1.165) is 5.56 Å². The summed E-state index contributed by atoms with van der Waals surface area (Å²) >= 11 is 0. The number of halogens is 3. The molecular formula is C14H9F3N2. The van der Waals surface area contributed by atoms with Gasteiger partial charge in [0.05, 0.1) is 11.6 Å². The number of hydrogen-bond acceptors (Lipinski definition) is 2. The van der Waals surface area contributed by atoms with Crippen molar-refractivity contribution < 1.29 is 13.2 Å². The SMILES string of the molecule is N#Cc1ccc(CNc2c(F)cc(F)cc2F)cc1. The standard InChI is InChI=1S/C14H9F3N2/c15-11-5-12(16)14(13(17)6-11)19-8-10-3-1-9(7-18)2-4-10/h1-6,19H,8H2. The van der Waals surface area contributed by atoms with Crippen LogP contribution in [0.1, 0.15) is 11.1 Å². The predicted octanol–water partition coefficient (Wildman–Crippen LogP) is 3.59. The van der Waals surface area contributed by atoms with Gasteiger partial charge in [-0.05, 0) is 17.7 Å². The van der Waals surface area contributed by atoms with E-state index in [4.69, 9.17) is 5.26 Å². The summed E-state index contributed by atoms with van der Waals surface area (Å²) in [6.45, 7) is 0.172. The Bertz CT molecular complexity index is 607. The van der Waals surface area contributed by atoms with E-state index < -0.39 is 17.5 Å². The second-order valence-electron chi connectivity index (χ2n) is 3.91. The third-order valence-corrected chi connectivity index (χ3v) is 2.56. The summed E-state index contributed by atoms with van der Waals surface area (Å²) < 4.78 is 39.4. The van der Waals surface area contributed by atoms with Crippen LogP contribution in [0.15, 0.2) is 36.4 Å². The number of rotatable bonds is 3. The number of benzene rings is 2. The number of hydrogen-bond donors (Lipinski definition) is 1. The van der Waals surface area contributed by atoms with E-state index >= 15 is 0 Å². The molecule has 1 N–H and O–H groups in total. The Balaban J connectivity index is 2.12. The molecular weight excluding hydrogens is 253 g/mol. The Kier molecular flexibility index (Phi) is 3.71. The van der Waals surface area contributed by atoms with Crippen molar-refractivity contribution in [2.75, 3.05) is 5.32 Å². The Morgan fingerprint density at radius 3 is 2.11 bits per heavy atom. The largest absolute Gasteiger partial charge is 0.376 e. The van der Waals surface area contributed by atoms with Gasteiger partial charge >= 0.3 is 0 Å². The van der Waals surface area contributed by atoms with Gasteiger partial charge in [0.25, 0.3) is 0 Å². The fourth-order valence-corrected chi connectivity index (χ4v) is 1.60. The molecule has 19 heavy (non-hydrogen) atoms. The Morgan fingerprint density at radius 2 is 1.58 bits per heavy atom. The lowest BCUT2D eigenvalue weighted by molar-refractivity contribution is 0.547. The molecule has 0 aliphatic carbocycles. The highest BCUT2D eigenvalue weighted by Crippen LogP contribution is 2.20. The van der Waals surface area contributed by atoms with Crippen molar-refractivity contribution in [2.24, 2.45) is 0 Å². The Labute approximate surface area is 108 Å². The van der Waals surface area contributed by atoms with Gasteiger partial charge in [0.1, 0.15) is 11.5 Å². The molecule has 0 bridgehead atoms. The third kappa shape index (κ3) is 3.05. The van der Waals surface area contributed by atoms with Crippen LogP contribution in [0.3, 0.4) is 0 Å². The van der Waals surface area contributed by atoms with Gasteiger partial charge < -0.3 is 5.32 Å². The van der Waals surface area contributed by atoms with Crippen molar-refractivity contribution in [3.8, 4) is 6.07 Å². The van der Waals surface area contributed by atoms with E-state index in [9.17, 15) is 13.2 Å². The van der Waals surface area contributed by atoms with Gasteiger partial charge in [-0.2, -0.15) is 5.26 Å². The molecule has 0 amide bonds. The summed E-state index contributed by atoms with van der Waals surface area (Å²) in [7, 11) is 0. The van der Waals surface area contributed by atoms with Crippen molar-refractivity contribution in [1.29, 1.82) is 5.26 Å². The summed E-state index contributed by atoms with van der Waals surface area (Å²) in [6, 6.07) is 9.76. The second kappa shape index (κ2) is 5.44. The third-order valence-electron chi connectivity index (χ3n) is 2.56. The lowest BCUT2D eigenvalue weighted by Gasteiger charge is -2.09. The predicted molar refractivity (Wildman–Crippen MR) is 64.8 cm³/mol. The van der Waals surface area contributed by atoms with Gasteiger partial charge in [-0.3, -0.25) is 0 Å². The molecule has 2 aromatic carbocycles.